The molecule has 0 fully saturated rings. The average molecular weight is 254 g/mol. The summed E-state index contributed by atoms with van der Waals surface area (Å²) < 4.78 is 0. The van der Waals surface area contributed by atoms with Crippen molar-refractivity contribution in [3.8, 4) is 0 Å². The maximum Gasteiger partial charge on any atom is 0.315 e. The molecule has 18 heavy (non-hydrogen) atoms. The number of carboxylic acids is 1. The molecule has 0 radical (unpaired) electrons. The molecular weight excluding hydrogens is 236 g/mol. The quantitative estimate of drug-likeness (QED) is 0.574. The summed E-state index contributed by atoms with van der Waals surface area (Å²) in [5.74, 6) is -0.887. The summed E-state index contributed by atoms with van der Waals surface area (Å²) in [7, 11) is 0. The summed E-state index contributed by atoms with van der Waals surface area (Å²) in [6, 6.07) is -0.312. The smallest absolute Gasteiger partial charge is 0.315 e. The monoisotopic (exact) mass is 254 g/mol. The van der Waals surface area contributed by atoms with Crippen molar-refractivity contribution in [3.05, 3.63) is 18.2 Å². The van der Waals surface area contributed by atoms with Gasteiger partial charge in [0, 0.05) is 19.2 Å². The zero-order chi connectivity index (χ0) is 13.4. The molecule has 1 heterocycles. The van der Waals surface area contributed by atoms with E-state index in [1.54, 1.807) is 6.20 Å². The van der Waals surface area contributed by atoms with Gasteiger partial charge in [0.05, 0.1) is 18.6 Å². The SMILES string of the molecule is CCC(CNC(=O)NCc1cnc[nH]1)CC(=O)O. The fourth-order valence-corrected chi connectivity index (χ4v) is 1.46. The number of rotatable bonds is 7. The first-order valence-electron chi connectivity index (χ1n) is 5.82. The van der Waals surface area contributed by atoms with Gasteiger partial charge < -0.3 is 20.7 Å². The van der Waals surface area contributed by atoms with E-state index in [4.69, 9.17) is 5.11 Å². The topological polar surface area (TPSA) is 107 Å². The fourth-order valence-electron chi connectivity index (χ4n) is 1.46. The third kappa shape index (κ3) is 5.33. The van der Waals surface area contributed by atoms with E-state index in [2.05, 4.69) is 20.6 Å². The first-order valence-corrected chi connectivity index (χ1v) is 5.82. The van der Waals surface area contributed by atoms with Crippen LogP contribution < -0.4 is 10.6 Å². The highest BCUT2D eigenvalue weighted by atomic mass is 16.4. The van der Waals surface area contributed by atoms with Gasteiger partial charge in [0.25, 0.3) is 0 Å². The van der Waals surface area contributed by atoms with Crippen molar-refractivity contribution in [3.63, 3.8) is 0 Å². The number of hydrogen-bond donors (Lipinski definition) is 4. The number of aromatic nitrogens is 2. The molecule has 1 atom stereocenters. The summed E-state index contributed by atoms with van der Waals surface area (Å²) in [4.78, 5) is 28.7. The standard InChI is InChI=1S/C11H18N4O3/c1-2-8(3-10(16)17)4-13-11(18)14-6-9-5-12-7-15-9/h5,7-8H,2-4,6H2,1H3,(H,12,15)(H,16,17)(H2,13,14,18). The van der Waals surface area contributed by atoms with Crippen molar-refractivity contribution in [2.24, 2.45) is 5.92 Å². The van der Waals surface area contributed by atoms with Crippen molar-refractivity contribution in [1.82, 2.24) is 20.6 Å². The van der Waals surface area contributed by atoms with Gasteiger partial charge in [0.2, 0.25) is 0 Å². The van der Waals surface area contributed by atoms with Gasteiger partial charge in [-0.1, -0.05) is 13.3 Å². The minimum Gasteiger partial charge on any atom is -0.481 e. The molecule has 1 rings (SSSR count). The van der Waals surface area contributed by atoms with E-state index in [1.807, 2.05) is 6.92 Å². The number of carbonyl (C=O) groups is 2. The van der Waals surface area contributed by atoms with E-state index in [1.165, 1.54) is 6.33 Å². The van der Waals surface area contributed by atoms with Crippen LogP contribution in [0.15, 0.2) is 12.5 Å². The Morgan fingerprint density at radius 3 is 2.83 bits per heavy atom. The third-order valence-electron chi connectivity index (χ3n) is 2.59. The Morgan fingerprint density at radius 2 is 2.28 bits per heavy atom. The first kappa shape index (κ1) is 14.0. The molecule has 0 saturated carbocycles. The molecule has 0 aromatic carbocycles. The molecule has 4 N–H and O–H groups in total. The highest BCUT2D eigenvalue weighted by Gasteiger charge is 2.12. The van der Waals surface area contributed by atoms with Gasteiger partial charge in [-0.25, -0.2) is 9.78 Å². The Kier molecular flexibility index (Phi) is 5.69. The highest BCUT2D eigenvalue weighted by molar-refractivity contribution is 5.74. The molecule has 0 bridgehead atoms. The average Bonchev–Trinajstić information content (AvgIpc) is 2.84. The zero-order valence-corrected chi connectivity index (χ0v) is 10.3. The second-order valence-electron chi connectivity index (χ2n) is 4.01. The Morgan fingerprint density at radius 1 is 1.50 bits per heavy atom. The number of amides is 2. The van der Waals surface area contributed by atoms with Gasteiger partial charge in [0.1, 0.15) is 0 Å². The maximum absolute atomic E-state index is 11.4. The minimum atomic E-state index is -0.846. The van der Waals surface area contributed by atoms with Crippen molar-refractivity contribution < 1.29 is 14.7 Å². The molecule has 1 aromatic rings. The molecule has 0 aliphatic rings. The Balaban J connectivity index is 2.21. The van der Waals surface area contributed by atoms with E-state index in [0.29, 0.717) is 19.5 Å². The molecular formula is C11H18N4O3. The van der Waals surface area contributed by atoms with Gasteiger partial charge in [-0.05, 0) is 5.92 Å². The van der Waals surface area contributed by atoms with Crippen LogP contribution in [0.4, 0.5) is 4.79 Å². The van der Waals surface area contributed by atoms with Gasteiger partial charge in [-0.3, -0.25) is 4.79 Å². The maximum atomic E-state index is 11.4. The number of carbonyl (C=O) groups excluding carboxylic acids is 1. The number of carboxylic acid groups (broad SMARTS) is 1. The Bertz CT molecular complexity index is 378. The highest BCUT2D eigenvalue weighted by Crippen LogP contribution is 2.06. The van der Waals surface area contributed by atoms with E-state index in [9.17, 15) is 9.59 Å². The number of urea groups is 1. The van der Waals surface area contributed by atoms with Crippen LogP contribution >= 0.6 is 0 Å². The fraction of sp³-hybridized carbons (Fsp3) is 0.545. The van der Waals surface area contributed by atoms with Gasteiger partial charge in [-0.2, -0.15) is 0 Å². The van der Waals surface area contributed by atoms with Crippen LogP contribution in [0.2, 0.25) is 0 Å². The number of H-pyrrole nitrogens is 1. The molecule has 7 heteroatoms. The number of aliphatic carboxylic acids is 1. The van der Waals surface area contributed by atoms with Gasteiger partial charge >= 0.3 is 12.0 Å². The van der Waals surface area contributed by atoms with Crippen LogP contribution in [0.3, 0.4) is 0 Å². The number of aromatic amines is 1. The summed E-state index contributed by atoms with van der Waals surface area (Å²) >= 11 is 0. The zero-order valence-electron chi connectivity index (χ0n) is 10.3. The molecule has 0 saturated heterocycles. The summed E-state index contributed by atoms with van der Waals surface area (Å²) in [5.41, 5.74) is 0.808. The molecule has 0 aliphatic carbocycles. The number of nitrogens with zero attached hydrogens (tertiary/aromatic N) is 1. The lowest BCUT2D eigenvalue weighted by molar-refractivity contribution is -0.138. The number of hydrogen-bond acceptors (Lipinski definition) is 3. The predicted octanol–water partition coefficient (Wildman–Crippen LogP) is 0.710. The van der Waals surface area contributed by atoms with Crippen molar-refractivity contribution in [2.45, 2.75) is 26.3 Å². The van der Waals surface area contributed by atoms with Crippen molar-refractivity contribution in [2.75, 3.05) is 6.54 Å². The lowest BCUT2D eigenvalue weighted by Crippen LogP contribution is -2.38. The van der Waals surface area contributed by atoms with Crippen LogP contribution in [0.1, 0.15) is 25.5 Å². The van der Waals surface area contributed by atoms with Crippen LogP contribution in [0.5, 0.6) is 0 Å². The second kappa shape index (κ2) is 7.31. The van der Waals surface area contributed by atoms with E-state index < -0.39 is 5.97 Å². The lowest BCUT2D eigenvalue weighted by Gasteiger charge is -2.13. The third-order valence-corrected chi connectivity index (χ3v) is 2.59. The second-order valence-corrected chi connectivity index (χ2v) is 4.01. The van der Waals surface area contributed by atoms with E-state index >= 15 is 0 Å². The molecule has 1 aromatic heterocycles. The minimum absolute atomic E-state index is 0.0413. The van der Waals surface area contributed by atoms with Crippen molar-refractivity contribution in [1.29, 1.82) is 0 Å². The molecule has 0 spiro atoms. The van der Waals surface area contributed by atoms with E-state index in [0.717, 1.165) is 5.69 Å². The lowest BCUT2D eigenvalue weighted by atomic mass is 10.0. The first-order chi connectivity index (χ1) is 8.61. The van der Waals surface area contributed by atoms with E-state index in [-0.39, 0.29) is 18.4 Å². The van der Waals surface area contributed by atoms with Gasteiger partial charge in [-0.15, -0.1) is 0 Å². The molecule has 2 amide bonds. The van der Waals surface area contributed by atoms with Crippen molar-refractivity contribution >= 4 is 12.0 Å². The predicted molar refractivity (Wildman–Crippen MR) is 64.9 cm³/mol. The Hall–Kier alpha value is -2.05. The summed E-state index contributed by atoms with van der Waals surface area (Å²) in [5, 5.41) is 14.0. The molecule has 100 valence electrons. The largest absolute Gasteiger partial charge is 0.481 e. The summed E-state index contributed by atoms with van der Waals surface area (Å²) in [6.07, 6.45) is 3.94. The normalized spacial score (nSPS) is 11.8. The molecule has 1 unspecified atom stereocenters. The summed E-state index contributed by atoms with van der Waals surface area (Å²) in [6.45, 7) is 2.62. The number of nitrogens with one attached hydrogen (secondary N) is 3. The van der Waals surface area contributed by atoms with Crippen LogP contribution in [-0.4, -0.2) is 33.6 Å². The van der Waals surface area contributed by atoms with Crippen LogP contribution in [-0.2, 0) is 11.3 Å². The van der Waals surface area contributed by atoms with Crippen LogP contribution in [0, 0.1) is 5.92 Å². The number of imidazole rings is 1. The van der Waals surface area contributed by atoms with Gasteiger partial charge in [0.15, 0.2) is 0 Å². The molecule has 0 aliphatic heterocycles. The Labute approximate surface area is 105 Å². The van der Waals surface area contributed by atoms with Crippen LogP contribution in [0.25, 0.3) is 0 Å². The molecule has 7 nitrogen and oxygen atoms in total.